The fourth-order valence-electron chi connectivity index (χ4n) is 1.84. The van der Waals surface area contributed by atoms with Gasteiger partial charge in [0.15, 0.2) is 0 Å². The van der Waals surface area contributed by atoms with Gasteiger partial charge in [-0.15, -0.1) is 0 Å². The van der Waals surface area contributed by atoms with Crippen LogP contribution in [0.4, 0.5) is 0 Å². The number of rotatable bonds is 12. The lowest BCUT2D eigenvalue weighted by molar-refractivity contribution is 0.611. The zero-order valence-electron chi connectivity index (χ0n) is 12.5. The van der Waals surface area contributed by atoms with Gasteiger partial charge in [-0.25, -0.2) is 0 Å². The molecule has 0 rings (SSSR count). The first-order valence-electron chi connectivity index (χ1n) is 7.90. The zero-order chi connectivity index (χ0) is 13.3. The SMILES string of the molecule is CCCC/C=C/C=C/C=C/CCCCCCCC. The van der Waals surface area contributed by atoms with Crippen LogP contribution in [0.3, 0.4) is 0 Å². The molecule has 0 aromatic carbocycles. The minimum atomic E-state index is 1.21. The first-order chi connectivity index (χ1) is 8.91. The van der Waals surface area contributed by atoms with Crippen molar-refractivity contribution in [1.29, 1.82) is 0 Å². The summed E-state index contributed by atoms with van der Waals surface area (Å²) in [5.41, 5.74) is 0. The van der Waals surface area contributed by atoms with E-state index >= 15 is 0 Å². The molecule has 0 spiro atoms. The van der Waals surface area contributed by atoms with Crippen molar-refractivity contribution in [2.75, 3.05) is 0 Å². The van der Waals surface area contributed by atoms with E-state index in [0.29, 0.717) is 0 Å². The second-order valence-corrected chi connectivity index (χ2v) is 4.94. The molecule has 0 nitrogen and oxygen atoms in total. The molecule has 0 heterocycles. The van der Waals surface area contributed by atoms with E-state index in [0.717, 1.165) is 0 Å². The summed E-state index contributed by atoms with van der Waals surface area (Å²) in [5.74, 6) is 0. The summed E-state index contributed by atoms with van der Waals surface area (Å²) in [4.78, 5) is 0. The van der Waals surface area contributed by atoms with Gasteiger partial charge < -0.3 is 0 Å². The Hall–Kier alpha value is -0.780. The van der Waals surface area contributed by atoms with Crippen molar-refractivity contribution < 1.29 is 0 Å². The van der Waals surface area contributed by atoms with Crippen LogP contribution < -0.4 is 0 Å². The highest BCUT2D eigenvalue weighted by molar-refractivity contribution is 5.10. The van der Waals surface area contributed by atoms with E-state index in [4.69, 9.17) is 0 Å². The van der Waals surface area contributed by atoms with Crippen molar-refractivity contribution >= 4 is 0 Å². The molecule has 0 saturated carbocycles. The van der Waals surface area contributed by atoms with Crippen molar-refractivity contribution in [1.82, 2.24) is 0 Å². The van der Waals surface area contributed by atoms with Gasteiger partial charge in [-0.05, 0) is 19.3 Å². The summed E-state index contributed by atoms with van der Waals surface area (Å²) in [7, 11) is 0. The monoisotopic (exact) mass is 248 g/mol. The molecule has 0 aliphatic rings. The Morgan fingerprint density at radius 3 is 1.61 bits per heavy atom. The number of allylic oxidation sites excluding steroid dienone is 6. The van der Waals surface area contributed by atoms with Crippen molar-refractivity contribution in [3.63, 3.8) is 0 Å². The summed E-state index contributed by atoms with van der Waals surface area (Å²) in [6, 6.07) is 0. The molecule has 0 unspecified atom stereocenters. The van der Waals surface area contributed by atoms with Gasteiger partial charge in [-0.3, -0.25) is 0 Å². The quantitative estimate of drug-likeness (QED) is 0.270. The predicted molar refractivity (Wildman–Crippen MR) is 84.9 cm³/mol. The molecule has 104 valence electrons. The van der Waals surface area contributed by atoms with Gasteiger partial charge in [-0.1, -0.05) is 95.2 Å². The van der Waals surface area contributed by atoms with Gasteiger partial charge in [0, 0.05) is 0 Å². The van der Waals surface area contributed by atoms with Crippen LogP contribution in [-0.2, 0) is 0 Å². The van der Waals surface area contributed by atoms with Crippen molar-refractivity contribution in [2.45, 2.75) is 78.1 Å². The summed E-state index contributed by atoms with van der Waals surface area (Å²) in [5, 5.41) is 0. The van der Waals surface area contributed by atoms with E-state index in [1.807, 2.05) is 0 Å². The second kappa shape index (κ2) is 16.2. The summed E-state index contributed by atoms with van der Waals surface area (Å²) in [6.45, 7) is 4.50. The molecule has 18 heavy (non-hydrogen) atoms. The van der Waals surface area contributed by atoms with E-state index in [-0.39, 0.29) is 0 Å². The fraction of sp³-hybridized carbons (Fsp3) is 0.667. The standard InChI is InChI=1S/C18H32/c1-3-5-7-9-11-13-15-17-18-16-14-12-10-8-6-4-2/h9,11,13,15,17-18H,3-8,10,12,14,16H2,1-2H3/b11-9+,15-13+,18-17+. The molecule has 0 atom stereocenters. The van der Waals surface area contributed by atoms with Crippen LogP contribution in [0.15, 0.2) is 36.5 Å². The molecule has 0 amide bonds. The number of unbranched alkanes of at least 4 members (excludes halogenated alkanes) is 8. The Kier molecular flexibility index (Phi) is 15.5. The molecule has 0 fully saturated rings. The van der Waals surface area contributed by atoms with Crippen LogP contribution in [0.25, 0.3) is 0 Å². The van der Waals surface area contributed by atoms with Crippen LogP contribution in [0.5, 0.6) is 0 Å². The molecule has 0 aromatic heterocycles. The molecule has 0 radical (unpaired) electrons. The maximum Gasteiger partial charge on any atom is -0.0348 e. The van der Waals surface area contributed by atoms with E-state index in [1.165, 1.54) is 64.2 Å². The van der Waals surface area contributed by atoms with Gasteiger partial charge in [0.25, 0.3) is 0 Å². The van der Waals surface area contributed by atoms with Crippen LogP contribution in [0, 0.1) is 0 Å². The fourth-order valence-corrected chi connectivity index (χ4v) is 1.84. The topological polar surface area (TPSA) is 0 Å². The van der Waals surface area contributed by atoms with E-state index in [9.17, 15) is 0 Å². The Balaban J connectivity index is 3.26. The molecule has 0 heteroatoms. The van der Waals surface area contributed by atoms with Gasteiger partial charge in [0.1, 0.15) is 0 Å². The molecule has 0 bridgehead atoms. The lowest BCUT2D eigenvalue weighted by Crippen LogP contribution is -1.77. The van der Waals surface area contributed by atoms with Gasteiger partial charge in [0.05, 0.1) is 0 Å². The molecule has 0 aromatic rings. The van der Waals surface area contributed by atoms with Crippen LogP contribution in [0.1, 0.15) is 78.1 Å². The number of hydrogen-bond acceptors (Lipinski definition) is 0. The van der Waals surface area contributed by atoms with E-state index in [2.05, 4.69) is 50.3 Å². The van der Waals surface area contributed by atoms with Gasteiger partial charge in [-0.2, -0.15) is 0 Å². The molecule has 0 aliphatic heterocycles. The van der Waals surface area contributed by atoms with Crippen LogP contribution in [0.2, 0.25) is 0 Å². The third-order valence-electron chi connectivity index (χ3n) is 3.05. The lowest BCUT2D eigenvalue weighted by atomic mass is 10.1. The van der Waals surface area contributed by atoms with Crippen LogP contribution >= 0.6 is 0 Å². The second-order valence-electron chi connectivity index (χ2n) is 4.94. The first kappa shape index (κ1) is 17.2. The number of hydrogen-bond donors (Lipinski definition) is 0. The highest BCUT2D eigenvalue weighted by Crippen LogP contribution is 2.07. The summed E-state index contributed by atoms with van der Waals surface area (Å²) < 4.78 is 0. The van der Waals surface area contributed by atoms with E-state index < -0.39 is 0 Å². The smallest absolute Gasteiger partial charge is 0.0348 e. The molecule has 0 saturated heterocycles. The Bertz CT molecular complexity index is 220. The normalized spacial score (nSPS) is 12.3. The maximum atomic E-state index is 2.29. The average molecular weight is 248 g/mol. The average Bonchev–Trinajstić information content (AvgIpc) is 2.39. The molecular formula is C18H32. The molecule has 0 aliphatic carbocycles. The predicted octanol–water partition coefficient (Wildman–Crippen LogP) is 6.60. The largest absolute Gasteiger partial charge is 0.0845 e. The van der Waals surface area contributed by atoms with Gasteiger partial charge >= 0.3 is 0 Å². The van der Waals surface area contributed by atoms with Crippen molar-refractivity contribution in [2.24, 2.45) is 0 Å². The van der Waals surface area contributed by atoms with Crippen LogP contribution in [-0.4, -0.2) is 0 Å². The summed E-state index contributed by atoms with van der Waals surface area (Å²) in [6.07, 6.45) is 26.5. The third kappa shape index (κ3) is 15.2. The Morgan fingerprint density at radius 2 is 1.00 bits per heavy atom. The van der Waals surface area contributed by atoms with Crippen molar-refractivity contribution in [3.05, 3.63) is 36.5 Å². The highest BCUT2D eigenvalue weighted by atomic mass is 13.9. The summed E-state index contributed by atoms with van der Waals surface area (Å²) >= 11 is 0. The minimum Gasteiger partial charge on any atom is -0.0845 e. The first-order valence-corrected chi connectivity index (χ1v) is 7.90. The van der Waals surface area contributed by atoms with Crippen molar-refractivity contribution in [3.8, 4) is 0 Å². The third-order valence-corrected chi connectivity index (χ3v) is 3.05. The Labute approximate surface area is 115 Å². The zero-order valence-corrected chi connectivity index (χ0v) is 12.5. The Morgan fingerprint density at radius 1 is 0.500 bits per heavy atom. The van der Waals surface area contributed by atoms with E-state index in [1.54, 1.807) is 0 Å². The molecule has 0 N–H and O–H groups in total. The maximum absolute atomic E-state index is 2.29. The highest BCUT2D eigenvalue weighted by Gasteiger charge is 1.87. The molecular weight excluding hydrogens is 216 g/mol. The minimum absolute atomic E-state index is 1.21. The van der Waals surface area contributed by atoms with Gasteiger partial charge in [0.2, 0.25) is 0 Å². The lowest BCUT2D eigenvalue weighted by Gasteiger charge is -1.97.